The van der Waals surface area contributed by atoms with E-state index < -0.39 is 28.1 Å². The summed E-state index contributed by atoms with van der Waals surface area (Å²) in [6.07, 6.45) is 1.96. The Hall–Kier alpha value is -5.39. The number of benzene rings is 5. The van der Waals surface area contributed by atoms with Gasteiger partial charge in [0.05, 0.1) is 47.2 Å². The fourth-order valence-electron chi connectivity index (χ4n) is 10.1. The predicted molar refractivity (Wildman–Crippen MR) is 289 cm³/mol. The number of aromatic nitrogens is 1. The summed E-state index contributed by atoms with van der Waals surface area (Å²) in [5.41, 5.74) is 5.43. The van der Waals surface area contributed by atoms with Crippen LogP contribution in [0.25, 0.3) is 22.4 Å². The van der Waals surface area contributed by atoms with Crippen molar-refractivity contribution in [2.75, 3.05) is 104 Å². The smallest absolute Gasteiger partial charge is 0.326 e. The quantitative estimate of drug-likeness (QED) is 0.0401. The molecule has 72 heavy (non-hydrogen) atoms. The molecular formula is C53H60ClFN7O7PS2. The van der Waals surface area contributed by atoms with Crippen LogP contribution < -0.4 is 25.1 Å². The molecule has 14 nitrogen and oxygen atoms in total. The van der Waals surface area contributed by atoms with Crippen LogP contribution in [-0.4, -0.2) is 113 Å². The lowest BCUT2D eigenvalue weighted by Crippen LogP contribution is -2.46. The molecule has 3 aliphatic rings. The molecule has 19 heteroatoms. The van der Waals surface area contributed by atoms with Crippen molar-refractivity contribution in [1.29, 1.82) is 0 Å². The van der Waals surface area contributed by atoms with Crippen molar-refractivity contribution in [3.63, 3.8) is 0 Å². The van der Waals surface area contributed by atoms with E-state index in [4.69, 9.17) is 20.9 Å². The van der Waals surface area contributed by atoms with Gasteiger partial charge in [-0.3, -0.25) is 24.2 Å². The molecule has 5 aromatic carbocycles. The summed E-state index contributed by atoms with van der Waals surface area (Å²) in [6.45, 7) is 12.6. The predicted octanol–water partition coefficient (Wildman–Crippen LogP) is 10.8. The highest BCUT2D eigenvalue weighted by Gasteiger charge is 2.41. The Morgan fingerprint density at radius 3 is 2.14 bits per heavy atom. The SMILES string of the molecule is Cc1c(S(C)(=O)=O)c(-c2cc(F)cc(N3CCN(c4ccc(N5CCO[P@]5(=O)c5ccc(N[C@H](CCN6CCOCC6)CSc6ccccc6)c([N+](=O)[O-])c5)cc4)CC3)c2)c(-c2ccc(Cl)cc2)n1C(C)C. The molecule has 6 aromatic rings. The third-order valence-electron chi connectivity index (χ3n) is 13.6. The topological polar surface area (TPSA) is 143 Å². The third-order valence-corrected chi connectivity index (χ3v) is 18.8. The Morgan fingerprint density at radius 2 is 1.49 bits per heavy atom. The summed E-state index contributed by atoms with van der Waals surface area (Å²) >= 11 is 7.97. The zero-order chi connectivity index (χ0) is 50.7. The Morgan fingerprint density at radius 1 is 0.819 bits per heavy atom. The molecule has 380 valence electrons. The van der Waals surface area contributed by atoms with Crippen molar-refractivity contribution in [3.05, 3.63) is 142 Å². The molecule has 0 aliphatic carbocycles. The number of nitrogens with one attached hydrogen (secondary N) is 1. The van der Waals surface area contributed by atoms with E-state index >= 15 is 4.39 Å². The first-order valence-electron chi connectivity index (χ1n) is 24.2. The molecule has 1 N–H and O–H groups in total. The Labute approximate surface area is 430 Å². The van der Waals surface area contributed by atoms with Crippen molar-refractivity contribution >= 4 is 74.5 Å². The summed E-state index contributed by atoms with van der Waals surface area (Å²) in [4.78, 5) is 20.2. The molecule has 0 saturated carbocycles. The molecule has 3 aliphatic heterocycles. The largest absolute Gasteiger partial charge is 0.379 e. The number of ether oxygens (including phenoxy) is 1. The number of hydrogen-bond donors (Lipinski definition) is 1. The standard InChI is InChI=1S/C53H60ClFN7O7PS2/c1-37(2)61-38(3)53(72(4,66)67)51(52(61)39-10-12-41(54)13-11-39)40-32-42(55)34-46(33-40)59-24-22-58(23-25-59)44-14-16-45(17-15-44)60-28-31-69-70(60,65)47-18-19-49(50(35-47)62(63)64)56-43(20-21-57-26-29-68-30-27-57)36-71-48-8-6-5-7-9-48/h5-19,32-35,37,43,56H,20-31,36H2,1-4H3/t43-,70-/m1/s1. The van der Waals surface area contributed by atoms with Gasteiger partial charge in [-0.05, 0) is 117 Å². The van der Waals surface area contributed by atoms with E-state index in [-0.39, 0.29) is 34.6 Å². The van der Waals surface area contributed by atoms with Gasteiger partial charge in [0.15, 0.2) is 9.84 Å². The van der Waals surface area contributed by atoms with Gasteiger partial charge >= 0.3 is 7.52 Å². The normalized spacial score (nSPS) is 18.2. The van der Waals surface area contributed by atoms with E-state index in [1.807, 2.05) is 79.1 Å². The highest BCUT2D eigenvalue weighted by Crippen LogP contribution is 2.56. The van der Waals surface area contributed by atoms with Crippen LogP contribution in [0.5, 0.6) is 0 Å². The summed E-state index contributed by atoms with van der Waals surface area (Å²) in [6, 6.07) is 34.4. The van der Waals surface area contributed by atoms with Crippen LogP contribution in [-0.2, 0) is 23.7 Å². The molecule has 1 aromatic heterocycles. The fraction of sp³-hybridized carbons (Fsp3) is 0.358. The molecule has 4 heterocycles. The molecule has 0 amide bonds. The highest BCUT2D eigenvalue weighted by atomic mass is 35.5. The third kappa shape index (κ3) is 11.2. The van der Waals surface area contributed by atoms with Crippen LogP contribution >= 0.6 is 30.9 Å². The van der Waals surface area contributed by atoms with Gasteiger partial charge in [0.25, 0.3) is 5.69 Å². The zero-order valence-corrected chi connectivity index (χ0v) is 44.2. The molecule has 0 unspecified atom stereocenters. The van der Waals surface area contributed by atoms with Crippen molar-refractivity contribution in [2.24, 2.45) is 0 Å². The van der Waals surface area contributed by atoms with E-state index in [0.717, 1.165) is 42.2 Å². The Balaban J connectivity index is 0.904. The molecule has 0 bridgehead atoms. The van der Waals surface area contributed by atoms with Crippen molar-refractivity contribution in [2.45, 2.75) is 49.1 Å². The number of hydrogen-bond acceptors (Lipinski definition) is 12. The van der Waals surface area contributed by atoms with Crippen molar-refractivity contribution < 1.29 is 31.6 Å². The van der Waals surface area contributed by atoms with Gasteiger partial charge < -0.3 is 28.9 Å². The van der Waals surface area contributed by atoms with Crippen molar-refractivity contribution in [1.82, 2.24) is 9.47 Å². The lowest BCUT2D eigenvalue weighted by molar-refractivity contribution is -0.383. The number of sulfone groups is 1. The molecule has 0 spiro atoms. The minimum Gasteiger partial charge on any atom is -0.379 e. The number of anilines is 4. The number of rotatable bonds is 17. The van der Waals surface area contributed by atoms with Crippen LogP contribution in [0.15, 0.2) is 125 Å². The van der Waals surface area contributed by atoms with Crippen LogP contribution in [0.3, 0.4) is 0 Å². The maximum atomic E-state index is 15.8. The number of halogens is 2. The molecule has 3 saturated heterocycles. The van der Waals surface area contributed by atoms with Gasteiger partial charge in [-0.1, -0.05) is 41.9 Å². The van der Waals surface area contributed by atoms with Gasteiger partial charge in [-0.25, -0.2) is 12.8 Å². The fourth-order valence-corrected chi connectivity index (χ4v) is 14.7. The molecular weight excluding hydrogens is 996 g/mol. The summed E-state index contributed by atoms with van der Waals surface area (Å²) in [5, 5.41) is 17.0. The Bertz CT molecular complexity index is 3060. The number of piperazine rings is 1. The molecule has 0 radical (unpaired) electrons. The molecule has 3 fully saturated rings. The summed E-state index contributed by atoms with van der Waals surface area (Å²) < 4.78 is 73.0. The monoisotopic (exact) mass is 1060 g/mol. The maximum Gasteiger partial charge on any atom is 0.326 e. The van der Waals surface area contributed by atoms with Gasteiger partial charge in [0.1, 0.15) is 11.5 Å². The number of morpholine rings is 1. The lowest BCUT2D eigenvalue weighted by Gasteiger charge is -2.37. The van der Waals surface area contributed by atoms with Crippen LogP contribution in [0.1, 0.15) is 32.0 Å². The minimum absolute atomic E-state index is 0.0847. The first kappa shape index (κ1) is 51.5. The first-order valence-corrected chi connectivity index (χ1v) is 29.1. The molecule has 2 atom stereocenters. The van der Waals surface area contributed by atoms with E-state index in [2.05, 4.69) is 32.1 Å². The highest BCUT2D eigenvalue weighted by molar-refractivity contribution is 7.99. The van der Waals surface area contributed by atoms with Gasteiger partial charge in [-0.2, -0.15) is 0 Å². The summed E-state index contributed by atoms with van der Waals surface area (Å²) in [7, 11) is -7.49. The maximum absolute atomic E-state index is 15.8. The second-order valence-corrected chi connectivity index (χ2v) is 24.5. The van der Waals surface area contributed by atoms with E-state index in [0.29, 0.717) is 96.3 Å². The second kappa shape index (κ2) is 22.0. The van der Waals surface area contributed by atoms with Gasteiger partial charge in [0, 0.05) is 114 Å². The number of thioether (sulfide) groups is 1. The van der Waals surface area contributed by atoms with Crippen LogP contribution in [0.4, 0.5) is 32.8 Å². The Kier molecular flexibility index (Phi) is 15.7. The van der Waals surface area contributed by atoms with Gasteiger partial charge in [0.2, 0.25) is 0 Å². The van der Waals surface area contributed by atoms with Crippen LogP contribution in [0, 0.1) is 22.9 Å². The zero-order valence-electron chi connectivity index (χ0n) is 40.9. The van der Waals surface area contributed by atoms with Crippen molar-refractivity contribution in [3.8, 4) is 22.4 Å². The van der Waals surface area contributed by atoms with Gasteiger partial charge in [-0.15, -0.1) is 11.8 Å². The molecule has 9 rings (SSSR count). The van der Waals surface area contributed by atoms with Crippen LogP contribution in [0.2, 0.25) is 5.02 Å². The second-order valence-electron chi connectivity index (χ2n) is 18.7. The number of nitro groups is 1. The minimum atomic E-state index is -3.75. The lowest BCUT2D eigenvalue weighted by atomic mass is 9.99. The average molecular weight is 1060 g/mol. The van der Waals surface area contributed by atoms with E-state index in [9.17, 15) is 23.1 Å². The summed E-state index contributed by atoms with van der Waals surface area (Å²) in [5.74, 6) is 0.221. The number of nitro benzene ring substituents is 1. The first-order chi connectivity index (χ1) is 34.6. The number of nitrogens with zero attached hydrogens (tertiary/aromatic N) is 6. The average Bonchev–Trinajstić information content (AvgIpc) is 3.93. The van der Waals surface area contributed by atoms with E-state index in [1.54, 1.807) is 47.6 Å². The van der Waals surface area contributed by atoms with E-state index in [1.165, 1.54) is 24.5 Å².